The first-order valence-electron chi connectivity index (χ1n) is 5.95. The van der Waals surface area contributed by atoms with Gasteiger partial charge in [0.1, 0.15) is 0 Å². The van der Waals surface area contributed by atoms with Crippen molar-refractivity contribution in [2.75, 3.05) is 0 Å². The topological polar surface area (TPSA) is 43.8 Å². The zero-order valence-electron chi connectivity index (χ0n) is 9.26. The highest BCUT2D eigenvalue weighted by atomic mass is 15.2. The number of aromatic nitrogens is 2. The van der Waals surface area contributed by atoms with Crippen molar-refractivity contribution in [3.05, 3.63) is 18.0 Å². The van der Waals surface area contributed by atoms with Crippen molar-refractivity contribution in [2.45, 2.75) is 31.7 Å². The van der Waals surface area contributed by atoms with Crippen LogP contribution in [0, 0.1) is 17.8 Å². The van der Waals surface area contributed by atoms with Gasteiger partial charge < -0.3 is 5.73 Å². The predicted octanol–water partition coefficient (Wildman–Crippen LogP) is 1.34. The third-order valence-corrected chi connectivity index (χ3v) is 4.12. The summed E-state index contributed by atoms with van der Waals surface area (Å²) in [6, 6.07) is 0.349. The van der Waals surface area contributed by atoms with Crippen molar-refractivity contribution in [3.8, 4) is 0 Å². The molecule has 0 radical (unpaired) electrons. The molecule has 2 fully saturated rings. The second-order valence-corrected chi connectivity index (χ2v) is 5.38. The number of aryl methyl sites for hydroxylation is 1. The summed E-state index contributed by atoms with van der Waals surface area (Å²) >= 11 is 0. The lowest BCUT2D eigenvalue weighted by Crippen LogP contribution is -2.31. The van der Waals surface area contributed by atoms with Crippen LogP contribution in [0.1, 0.15) is 24.8 Å². The highest BCUT2D eigenvalue weighted by Gasteiger charge is 2.47. The molecule has 0 spiro atoms. The molecular formula is C12H19N3. The molecule has 15 heavy (non-hydrogen) atoms. The van der Waals surface area contributed by atoms with Gasteiger partial charge in [-0.1, -0.05) is 0 Å². The Labute approximate surface area is 90.7 Å². The lowest BCUT2D eigenvalue weighted by molar-refractivity contribution is 0.392. The quantitative estimate of drug-likeness (QED) is 0.809. The first-order chi connectivity index (χ1) is 7.22. The predicted molar refractivity (Wildman–Crippen MR) is 59.2 cm³/mol. The minimum atomic E-state index is 0.349. The van der Waals surface area contributed by atoms with Crippen LogP contribution in [0.5, 0.6) is 0 Å². The van der Waals surface area contributed by atoms with Gasteiger partial charge in [-0.3, -0.25) is 4.68 Å². The van der Waals surface area contributed by atoms with Gasteiger partial charge in [0.2, 0.25) is 0 Å². The van der Waals surface area contributed by atoms with E-state index in [0.717, 1.165) is 24.2 Å². The van der Waals surface area contributed by atoms with E-state index in [1.54, 1.807) is 0 Å². The summed E-state index contributed by atoms with van der Waals surface area (Å²) in [7, 11) is 1.96. The average Bonchev–Trinajstić information content (AvgIpc) is 2.61. The number of rotatable bonds is 3. The van der Waals surface area contributed by atoms with E-state index in [2.05, 4.69) is 11.3 Å². The summed E-state index contributed by atoms with van der Waals surface area (Å²) in [6.07, 6.45) is 9.26. The van der Waals surface area contributed by atoms with E-state index in [1.807, 2.05) is 17.9 Å². The Balaban J connectivity index is 1.58. The molecule has 2 saturated carbocycles. The van der Waals surface area contributed by atoms with Crippen LogP contribution in [0.25, 0.3) is 0 Å². The summed E-state index contributed by atoms with van der Waals surface area (Å²) in [5.41, 5.74) is 7.55. The van der Waals surface area contributed by atoms with E-state index in [-0.39, 0.29) is 0 Å². The molecular weight excluding hydrogens is 186 g/mol. The first-order valence-corrected chi connectivity index (χ1v) is 5.95. The van der Waals surface area contributed by atoms with E-state index < -0.39 is 0 Å². The Morgan fingerprint density at radius 2 is 2.20 bits per heavy atom. The lowest BCUT2D eigenvalue weighted by Gasteiger charge is -2.19. The van der Waals surface area contributed by atoms with Gasteiger partial charge in [0.05, 0.1) is 6.20 Å². The van der Waals surface area contributed by atoms with Crippen LogP contribution < -0.4 is 5.73 Å². The maximum atomic E-state index is 6.27. The van der Waals surface area contributed by atoms with Crippen molar-refractivity contribution in [1.82, 2.24) is 9.78 Å². The standard InChI is InChI=1S/C12H19N3/c1-15-7-8(6-14-15)2-12(13)11-4-9-3-10(9)5-11/h6-7,9-12H,2-5,13H2,1H3. The monoisotopic (exact) mass is 205 g/mol. The van der Waals surface area contributed by atoms with Gasteiger partial charge in [-0.05, 0) is 49.0 Å². The largest absolute Gasteiger partial charge is 0.327 e. The van der Waals surface area contributed by atoms with Gasteiger partial charge in [-0.25, -0.2) is 0 Å². The summed E-state index contributed by atoms with van der Waals surface area (Å²) in [6.45, 7) is 0. The highest BCUT2D eigenvalue weighted by molar-refractivity contribution is 5.08. The third-order valence-electron chi connectivity index (χ3n) is 4.12. The van der Waals surface area contributed by atoms with Gasteiger partial charge in [0.25, 0.3) is 0 Å². The van der Waals surface area contributed by atoms with E-state index >= 15 is 0 Å². The molecule has 1 aromatic heterocycles. The molecule has 0 amide bonds. The molecule has 1 heterocycles. The zero-order chi connectivity index (χ0) is 10.4. The van der Waals surface area contributed by atoms with E-state index in [4.69, 9.17) is 5.73 Å². The smallest absolute Gasteiger partial charge is 0.0522 e. The Kier molecular flexibility index (Phi) is 2.09. The summed E-state index contributed by atoms with van der Waals surface area (Å²) in [5, 5.41) is 4.18. The Morgan fingerprint density at radius 1 is 1.47 bits per heavy atom. The van der Waals surface area contributed by atoms with Crippen molar-refractivity contribution in [2.24, 2.45) is 30.5 Å². The Bertz CT molecular complexity index is 348. The highest BCUT2D eigenvalue weighted by Crippen LogP contribution is 2.55. The molecule has 82 valence electrons. The lowest BCUT2D eigenvalue weighted by atomic mass is 9.91. The van der Waals surface area contributed by atoms with Crippen LogP contribution in [0.2, 0.25) is 0 Å². The zero-order valence-corrected chi connectivity index (χ0v) is 9.26. The Hall–Kier alpha value is -0.830. The van der Waals surface area contributed by atoms with Crippen LogP contribution in [0.4, 0.5) is 0 Å². The number of nitrogens with two attached hydrogens (primary N) is 1. The molecule has 2 aliphatic carbocycles. The molecule has 0 aromatic carbocycles. The van der Waals surface area contributed by atoms with Gasteiger partial charge in [0.15, 0.2) is 0 Å². The van der Waals surface area contributed by atoms with Crippen LogP contribution in [0.3, 0.4) is 0 Å². The van der Waals surface area contributed by atoms with Crippen molar-refractivity contribution < 1.29 is 0 Å². The Morgan fingerprint density at radius 3 is 2.80 bits per heavy atom. The van der Waals surface area contributed by atoms with Gasteiger partial charge in [0, 0.05) is 19.3 Å². The second-order valence-electron chi connectivity index (χ2n) is 5.38. The summed E-state index contributed by atoms with van der Waals surface area (Å²) in [4.78, 5) is 0. The normalized spacial score (nSPS) is 35.2. The minimum absolute atomic E-state index is 0.349. The molecule has 3 rings (SSSR count). The van der Waals surface area contributed by atoms with Crippen LogP contribution in [-0.4, -0.2) is 15.8 Å². The summed E-state index contributed by atoms with van der Waals surface area (Å²) in [5.74, 6) is 2.85. The second kappa shape index (κ2) is 3.34. The molecule has 3 unspecified atom stereocenters. The van der Waals surface area contributed by atoms with Gasteiger partial charge >= 0.3 is 0 Å². The molecule has 2 N–H and O–H groups in total. The SMILES string of the molecule is Cn1cc(CC(N)C2CC3CC3C2)cn1. The van der Waals surface area contributed by atoms with Crippen molar-refractivity contribution >= 4 is 0 Å². The van der Waals surface area contributed by atoms with Gasteiger partial charge in [-0.15, -0.1) is 0 Å². The first kappa shape index (κ1) is 9.40. The van der Waals surface area contributed by atoms with Crippen LogP contribution in [0.15, 0.2) is 12.4 Å². The third kappa shape index (κ3) is 1.81. The number of nitrogens with zero attached hydrogens (tertiary/aromatic N) is 2. The maximum absolute atomic E-state index is 6.27. The fourth-order valence-corrected chi connectivity index (χ4v) is 3.13. The molecule has 2 aliphatic rings. The molecule has 0 aliphatic heterocycles. The molecule has 1 aromatic rings. The number of fused-ring (bicyclic) bond motifs is 1. The van der Waals surface area contributed by atoms with Gasteiger partial charge in [-0.2, -0.15) is 5.10 Å². The van der Waals surface area contributed by atoms with Crippen molar-refractivity contribution in [3.63, 3.8) is 0 Å². The average molecular weight is 205 g/mol. The van der Waals surface area contributed by atoms with E-state index in [1.165, 1.54) is 24.8 Å². The summed E-state index contributed by atoms with van der Waals surface area (Å²) < 4.78 is 1.86. The van der Waals surface area contributed by atoms with E-state index in [9.17, 15) is 0 Å². The molecule has 3 nitrogen and oxygen atoms in total. The molecule has 3 atom stereocenters. The maximum Gasteiger partial charge on any atom is 0.0522 e. The molecule has 0 bridgehead atoms. The molecule has 0 saturated heterocycles. The minimum Gasteiger partial charge on any atom is -0.327 e. The van der Waals surface area contributed by atoms with Crippen LogP contribution >= 0.6 is 0 Å². The van der Waals surface area contributed by atoms with E-state index in [0.29, 0.717) is 6.04 Å². The van der Waals surface area contributed by atoms with Crippen molar-refractivity contribution in [1.29, 1.82) is 0 Å². The molecule has 3 heteroatoms. The fourth-order valence-electron chi connectivity index (χ4n) is 3.13. The number of hydrogen-bond donors (Lipinski definition) is 1. The van der Waals surface area contributed by atoms with Crippen LogP contribution in [-0.2, 0) is 13.5 Å². The fraction of sp³-hybridized carbons (Fsp3) is 0.750. The number of hydrogen-bond acceptors (Lipinski definition) is 2.